The van der Waals surface area contributed by atoms with Crippen molar-refractivity contribution in [3.63, 3.8) is 0 Å². The van der Waals surface area contributed by atoms with Crippen molar-refractivity contribution in [2.45, 2.75) is 33.2 Å². The van der Waals surface area contributed by atoms with Gasteiger partial charge in [0.25, 0.3) is 0 Å². The third-order valence-corrected chi connectivity index (χ3v) is 5.57. The lowest BCUT2D eigenvalue weighted by Gasteiger charge is -2.17. The van der Waals surface area contributed by atoms with Crippen LogP contribution in [0, 0.1) is 0 Å². The van der Waals surface area contributed by atoms with Gasteiger partial charge in [-0.2, -0.15) is 0 Å². The molecule has 27 heavy (non-hydrogen) atoms. The largest absolute Gasteiger partial charge is 0.494 e. The lowest BCUT2D eigenvalue weighted by atomic mass is 10.2. The number of fused-ring (bicyclic) bond motifs is 1. The lowest BCUT2D eigenvalue weighted by Crippen LogP contribution is -2.24. The molecule has 0 atom stereocenters. The van der Waals surface area contributed by atoms with E-state index in [2.05, 4.69) is 94.0 Å². The molecule has 0 aliphatic rings. The Hall–Kier alpha value is -1.78. The molecule has 0 N–H and O–H groups in total. The molecule has 0 radical (unpaired) electrons. The maximum atomic E-state index is 5.97. The van der Waals surface area contributed by atoms with E-state index in [-0.39, 0.29) is 0 Å². The summed E-state index contributed by atoms with van der Waals surface area (Å²) in [5.41, 5.74) is 2.54. The molecule has 0 unspecified atom stereocenters. The van der Waals surface area contributed by atoms with Crippen molar-refractivity contribution in [3.05, 3.63) is 64.8 Å². The smallest absolute Gasteiger partial charge is 0.120 e. The first kappa shape index (κ1) is 20.0. The third-order valence-electron chi connectivity index (χ3n) is 5.04. The van der Waals surface area contributed by atoms with Gasteiger partial charge in [0.05, 0.1) is 6.61 Å². The van der Waals surface area contributed by atoms with E-state index in [4.69, 9.17) is 4.74 Å². The van der Waals surface area contributed by atoms with E-state index in [1.165, 1.54) is 22.9 Å². The molecule has 0 fully saturated rings. The lowest BCUT2D eigenvalue weighted by molar-refractivity contribution is 0.266. The molecule has 3 rings (SSSR count). The highest BCUT2D eigenvalue weighted by Gasteiger charge is 2.05. The Labute approximate surface area is 171 Å². The third kappa shape index (κ3) is 5.60. The SMILES string of the molecule is CCN(CC)CCCCOc1ccc2c(ccn2Cc2ccc(Br)cc2)c1. The zero-order valence-electron chi connectivity index (χ0n) is 16.3. The Morgan fingerprint density at radius 1 is 0.963 bits per heavy atom. The van der Waals surface area contributed by atoms with E-state index in [0.717, 1.165) is 49.4 Å². The molecule has 144 valence electrons. The molecule has 0 saturated heterocycles. The number of nitrogens with zero attached hydrogens (tertiary/aromatic N) is 2. The zero-order valence-corrected chi connectivity index (χ0v) is 17.9. The summed E-state index contributed by atoms with van der Waals surface area (Å²) in [5, 5.41) is 1.23. The van der Waals surface area contributed by atoms with Gasteiger partial charge in [-0.1, -0.05) is 41.9 Å². The molecular formula is C23H29BrN2O. The molecule has 4 heteroatoms. The number of halogens is 1. The molecule has 0 aliphatic carbocycles. The van der Waals surface area contributed by atoms with Gasteiger partial charge in [-0.25, -0.2) is 0 Å². The van der Waals surface area contributed by atoms with E-state index >= 15 is 0 Å². The molecule has 1 aromatic heterocycles. The summed E-state index contributed by atoms with van der Waals surface area (Å²) in [6, 6.07) is 17.1. The molecule has 3 nitrogen and oxygen atoms in total. The maximum absolute atomic E-state index is 5.97. The van der Waals surface area contributed by atoms with Crippen molar-refractivity contribution in [2.24, 2.45) is 0 Å². The van der Waals surface area contributed by atoms with E-state index < -0.39 is 0 Å². The fourth-order valence-corrected chi connectivity index (χ4v) is 3.62. The van der Waals surface area contributed by atoms with Crippen LogP contribution in [0.5, 0.6) is 5.75 Å². The van der Waals surface area contributed by atoms with Crippen LogP contribution in [0.3, 0.4) is 0 Å². The number of ether oxygens (including phenoxy) is 1. The van der Waals surface area contributed by atoms with Crippen molar-refractivity contribution in [1.82, 2.24) is 9.47 Å². The molecule has 0 bridgehead atoms. The topological polar surface area (TPSA) is 17.4 Å². The van der Waals surface area contributed by atoms with Crippen LogP contribution in [-0.2, 0) is 6.54 Å². The van der Waals surface area contributed by atoms with Gasteiger partial charge in [0.1, 0.15) is 5.75 Å². The van der Waals surface area contributed by atoms with Gasteiger partial charge in [-0.15, -0.1) is 0 Å². The highest BCUT2D eigenvalue weighted by molar-refractivity contribution is 9.10. The summed E-state index contributed by atoms with van der Waals surface area (Å²) in [4.78, 5) is 2.46. The highest BCUT2D eigenvalue weighted by atomic mass is 79.9. The Morgan fingerprint density at radius 2 is 1.74 bits per heavy atom. The summed E-state index contributed by atoms with van der Waals surface area (Å²) in [5.74, 6) is 0.965. The molecule has 0 saturated carbocycles. The van der Waals surface area contributed by atoms with Gasteiger partial charge in [0, 0.05) is 28.1 Å². The predicted molar refractivity (Wildman–Crippen MR) is 118 cm³/mol. The number of unbranched alkanes of at least 4 members (excludes halogenated alkanes) is 1. The highest BCUT2D eigenvalue weighted by Crippen LogP contribution is 2.23. The minimum absolute atomic E-state index is 0.784. The van der Waals surface area contributed by atoms with Gasteiger partial charge in [-0.05, 0) is 74.4 Å². The van der Waals surface area contributed by atoms with Crippen molar-refractivity contribution >= 4 is 26.8 Å². The van der Waals surface area contributed by atoms with Crippen LogP contribution < -0.4 is 4.74 Å². The number of rotatable bonds is 10. The number of benzene rings is 2. The molecule has 3 aromatic rings. The standard InChI is InChI=1S/C23H29BrN2O/c1-3-25(4-2)14-5-6-16-27-22-11-12-23-20(17-22)13-15-26(23)18-19-7-9-21(24)10-8-19/h7-13,15,17H,3-6,14,16,18H2,1-2H3. The fourth-order valence-electron chi connectivity index (χ4n) is 3.36. The Kier molecular flexibility index (Phi) is 7.36. The minimum atomic E-state index is 0.784. The molecule has 2 aromatic carbocycles. The fraction of sp³-hybridized carbons (Fsp3) is 0.391. The van der Waals surface area contributed by atoms with Crippen LogP contribution >= 0.6 is 15.9 Å². The van der Waals surface area contributed by atoms with Gasteiger partial charge in [-0.3, -0.25) is 0 Å². The van der Waals surface area contributed by atoms with Gasteiger partial charge in [0.15, 0.2) is 0 Å². The van der Waals surface area contributed by atoms with E-state index in [9.17, 15) is 0 Å². The quantitative estimate of drug-likeness (QED) is 0.371. The normalized spacial score (nSPS) is 11.4. The van der Waals surface area contributed by atoms with E-state index in [0.29, 0.717) is 0 Å². The van der Waals surface area contributed by atoms with Crippen molar-refractivity contribution < 1.29 is 4.74 Å². The maximum Gasteiger partial charge on any atom is 0.120 e. The average molecular weight is 429 g/mol. The van der Waals surface area contributed by atoms with Crippen molar-refractivity contribution in [1.29, 1.82) is 0 Å². The van der Waals surface area contributed by atoms with Crippen molar-refractivity contribution in [3.8, 4) is 5.75 Å². The summed E-state index contributed by atoms with van der Waals surface area (Å²) >= 11 is 3.49. The second-order valence-electron chi connectivity index (χ2n) is 6.87. The summed E-state index contributed by atoms with van der Waals surface area (Å²) < 4.78 is 9.37. The summed E-state index contributed by atoms with van der Waals surface area (Å²) in [7, 11) is 0. The molecule has 0 aliphatic heterocycles. The van der Waals surface area contributed by atoms with Gasteiger partial charge >= 0.3 is 0 Å². The zero-order chi connectivity index (χ0) is 19.1. The molecular weight excluding hydrogens is 400 g/mol. The van der Waals surface area contributed by atoms with Crippen LogP contribution in [0.1, 0.15) is 32.3 Å². The predicted octanol–water partition coefficient (Wildman–Crippen LogP) is 5.95. The second-order valence-corrected chi connectivity index (χ2v) is 7.79. The number of hydrogen-bond acceptors (Lipinski definition) is 2. The van der Waals surface area contributed by atoms with Crippen LogP contribution in [0.25, 0.3) is 10.9 Å². The summed E-state index contributed by atoms with van der Waals surface area (Å²) in [6.45, 7) is 9.52. The van der Waals surface area contributed by atoms with E-state index in [1.54, 1.807) is 0 Å². The molecule has 0 amide bonds. The van der Waals surface area contributed by atoms with Crippen LogP contribution in [-0.4, -0.2) is 35.7 Å². The van der Waals surface area contributed by atoms with Crippen molar-refractivity contribution in [2.75, 3.05) is 26.2 Å². The Balaban J connectivity index is 1.54. The minimum Gasteiger partial charge on any atom is -0.494 e. The Bertz CT molecular complexity index is 837. The summed E-state index contributed by atoms with van der Waals surface area (Å²) in [6.07, 6.45) is 4.44. The first-order chi connectivity index (χ1) is 13.2. The van der Waals surface area contributed by atoms with Gasteiger partial charge < -0.3 is 14.2 Å². The van der Waals surface area contributed by atoms with Crippen LogP contribution in [0.15, 0.2) is 59.2 Å². The Morgan fingerprint density at radius 3 is 2.48 bits per heavy atom. The van der Waals surface area contributed by atoms with Gasteiger partial charge in [0.2, 0.25) is 0 Å². The number of aromatic nitrogens is 1. The molecule has 0 spiro atoms. The van der Waals surface area contributed by atoms with Crippen LogP contribution in [0.2, 0.25) is 0 Å². The average Bonchev–Trinajstić information content (AvgIpc) is 3.08. The first-order valence-electron chi connectivity index (χ1n) is 9.88. The second kappa shape index (κ2) is 9.95. The first-order valence-corrected chi connectivity index (χ1v) is 10.7. The number of hydrogen-bond donors (Lipinski definition) is 0. The van der Waals surface area contributed by atoms with Crippen LogP contribution in [0.4, 0.5) is 0 Å². The van der Waals surface area contributed by atoms with E-state index in [1.807, 2.05) is 0 Å². The molecule has 1 heterocycles. The monoisotopic (exact) mass is 428 g/mol.